The minimum atomic E-state index is -3.10. The lowest BCUT2D eigenvalue weighted by Crippen LogP contribution is -2.44. The number of hydrogen-bond acceptors (Lipinski definition) is 7. The van der Waals surface area contributed by atoms with Crippen molar-refractivity contribution in [3.05, 3.63) is 23.8 Å². The lowest BCUT2D eigenvalue weighted by molar-refractivity contribution is -0.137. The fourth-order valence-corrected chi connectivity index (χ4v) is 5.12. The van der Waals surface area contributed by atoms with Crippen LogP contribution in [0.4, 0.5) is 0 Å². The molecule has 28 heavy (non-hydrogen) atoms. The van der Waals surface area contributed by atoms with E-state index >= 15 is 0 Å². The Bertz CT molecular complexity index is 848. The van der Waals surface area contributed by atoms with Gasteiger partial charge in [0.1, 0.15) is 0 Å². The van der Waals surface area contributed by atoms with Gasteiger partial charge in [-0.3, -0.25) is 4.79 Å². The van der Waals surface area contributed by atoms with Gasteiger partial charge in [-0.05, 0) is 44.4 Å². The second-order valence-electron chi connectivity index (χ2n) is 6.96. The molecule has 154 valence electrons. The minimum Gasteiger partial charge on any atom is -0.493 e. The summed E-state index contributed by atoms with van der Waals surface area (Å²) in [5.41, 5.74) is 0.249. The number of hydrogen-bond donors (Lipinski definition) is 0. The van der Waals surface area contributed by atoms with Crippen molar-refractivity contribution in [2.45, 2.75) is 38.3 Å². The number of amides is 1. The van der Waals surface area contributed by atoms with Crippen molar-refractivity contribution in [1.82, 2.24) is 4.90 Å². The van der Waals surface area contributed by atoms with Crippen LogP contribution in [0.15, 0.2) is 18.2 Å². The van der Waals surface area contributed by atoms with E-state index in [2.05, 4.69) is 0 Å². The highest BCUT2D eigenvalue weighted by atomic mass is 32.2. The lowest BCUT2D eigenvalue weighted by atomic mass is 10.2. The highest BCUT2D eigenvalue weighted by Gasteiger charge is 2.42. The van der Waals surface area contributed by atoms with Gasteiger partial charge in [0.2, 0.25) is 0 Å². The smallest absolute Gasteiger partial charge is 0.338 e. The van der Waals surface area contributed by atoms with Crippen molar-refractivity contribution >= 4 is 21.7 Å². The molecule has 1 aliphatic carbocycles. The number of carbonyl (C=O) groups excluding carboxylic acids is 2. The van der Waals surface area contributed by atoms with Gasteiger partial charge in [-0.15, -0.1) is 0 Å². The van der Waals surface area contributed by atoms with Crippen molar-refractivity contribution in [2.75, 3.05) is 31.8 Å². The number of methoxy groups -OCH3 is 1. The number of rotatable bonds is 8. The first-order valence-electron chi connectivity index (χ1n) is 9.34. The molecular formula is C19H25NO7S. The third kappa shape index (κ3) is 4.76. The number of esters is 1. The number of benzene rings is 1. The molecule has 0 aromatic heterocycles. The summed E-state index contributed by atoms with van der Waals surface area (Å²) in [7, 11) is -1.59. The molecule has 1 aromatic carbocycles. The SMILES string of the molecule is CCOc1cc(C(=O)OCC(=O)N(C2CC2)[C@@H]2CCS(=O)(=O)C2)ccc1OC. The molecule has 0 unspecified atom stereocenters. The molecule has 1 saturated heterocycles. The van der Waals surface area contributed by atoms with Crippen LogP contribution in [0.5, 0.6) is 11.5 Å². The Labute approximate surface area is 164 Å². The van der Waals surface area contributed by atoms with Crippen LogP contribution in [-0.4, -0.2) is 69.1 Å². The summed E-state index contributed by atoms with van der Waals surface area (Å²) in [6, 6.07) is 4.38. The van der Waals surface area contributed by atoms with E-state index in [-0.39, 0.29) is 35.1 Å². The van der Waals surface area contributed by atoms with E-state index in [1.807, 2.05) is 6.92 Å². The molecule has 0 bridgehead atoms. The third-order valence-electron chi connectivity index (χ3n) is 4.86. The van der Waals surface area contributed by atoms with Crippen molar-refractivity contribution < 1.29 is 32.2 Å². The summed E-state index contributed by atoms with van der Waals surface area (Å²) in [5, 5.41) is 0. The van der Waals surface area contributed by atoms with Crippen LogP contribution in [0.2, 0.25) is 0 Å². The molecular weight excluding hydrogens is 386 g/mol. The van der Waals surface area contributed by atoms with Gasteiger partial charge in [-0.1, -0.05) is 0 Å². The standard InChI is InChI=1S/C19H25NO7S/c1-3-26-17-10-13(4-7-16(17)25-2)19(22)27-11-18(21)20(14-5-6-14)15-8-9-28(23,24)12-15/h4,7,10,14-15H,3,5-6,8-9,11-12H2,1-2H3/t15-/m1/s1. The molecule has 0 spiro atoms. The van der Waals surface area contributed by atoms with E-state index in [1.54, 1.807) is 11.0 Å². The predicted molar refractivity (Wildman–Crippen MR) is 101 cm³/mol. The molecule has 1 atom stereocenters. The largest absolute Gasteiger partial charge is 0.493 e. The van der Waals surface area contributed by atoms with E-state index in [4.69, 9.17) is 14.2 Å². The predicted octanol–water partition coefficient (Wildman–Crippen LogP) is 1.43. The second-order valence-corrected chi connectivity index (χ2v) is 9.19. The number of ether oxygens (including phenoxy) is 3. The number of nitrogens with zero attached hydrogens (tertiary/aromatic N) is 1. The van der Waals surface area contributed by atoms with Crippen molar-refractivity contribution in [3.63, 3.8) is 0 Å². The molecule has 2 fully saturated rings. The zero-order valence-corrected chi connectivity index (χ0v) is 16.9. The van der Waals surface area contributed by atoms with E-state index in [9.17, 15) is 18.0 Å². The molecule has 1 saturated carbocycles. The van der Waals surface area contributed by atoms with Crippen molar-refractivity contribution in [3.8, 4) is 11.5 Å². The topological polar surface area (TPSA) is 99.2 Å². The highest BCUT2D eigenvalue weighted by Crippen LogP contribution is 2.32. The summed E-state index contributed by atoms with van der Waals surface area (Å²) in [6.07, 6.45) is 2.15. The Hall–Kier alpha value is -2.29. The van der Waals surface area contributed by atoms with Gasteiger partial charge < -0.3 is 19.1 Å². The van der Waals surface area contributed by atoms with Crippen molar-refractivity contribution in [1.29, 1.82) is 0 Å². The first-order chi connectivity index (χ1) is 13.3. The summed E-state index contributed by atoms with van der Waals surface area (Å²) < 4.78 is 39.3. The maximum Gasteiger partial charge on any atom is 0.338 e. The van der Waals surface area contributed by atoms with Crippen molar-refractivity contribution in [2.24, 2.45) is 0 Å². The normalized spacial score (nSPS) is 20.4. The van der Waals surface area contributed by atoms with Gasteiger partial charge in [-0.2, -0.15) is 0 Å². The molecule has 1 heterocycles. The molecule has 9 heteroatoms. The molecule has 8 nitrogen and oxygen atoms in total. The van der Waals surface area contributed by atoms with E-state index < -0.39 is 22.4 Å². The van der Waals surface area contributed by atoms with Crippen LogP contribution in [0, 0.1) is 0 Å². The van der Waals surface area contributed by atoms with Crippen LogP contribution in [-0.2, 0) is 19.4 Å². The third-order valence-corrected chi connectivity index (χ3v) is 6.61. The average molecular weight is 411 g/mol. The van der Waals surface area contributed by atoms with E-state index in [1.165, 1.54) is 19.2 Å². The minimum absolute atomic E-state index is 0.0145. The molecule has 1 amide bonds. The van der Waals surface area contributed by atoms with Gasteiger partial charge in [0.25, 0.3) is 5.91 Å². The fraction of sp³-hybridized carbons (Fsp3) is 0.579. The molecule has 2 aliphatic rings. The van der Waals surface area contributed by atoms with Gasteiger partial charge in [0, 0.05) is 12.1 Å². The first-order valence-corrected chi connectivity index (χ1v) is 11.2. The van der Waals surface area contributed by atoms with Gasteiger partial charge in [0.05, 0.1) is 30.8 Å². The molecule has 0 radical (unpaired) electrons. The highest BCUT2D eigenvalue weighted by molar-refractivity contribution is 7.91. The van der Waals surface area contributed by atoms with Crippen LogP contribution in [0.1, 0.15) is 36.5 Å². The number of sulfone groups is 1. The summed E-state index contributed by atoms with van der Waals surface area (Å²) in [4.78, 5) is 26.6. The Morgan fingerprint density at radius 3 is 2.46 bits per heavy atom. The lowest BCUT2D eigenvalue weighted by Gasteiger charge is -2.28. The maximum absolute atomic E-state index is 12.6. The van der Waals surface area contributed by atoms with Gasteiger partial charge >= 0.3 is 5.97 Å². The molecule has 0 N–H and O–H groups in total. The second kappa shape index (κ2) is 8.38. The zero-order valence-electron chi connectivity index (χ0n) is 16.0. The van der Waals surface area contributed by atoms with Crippen LogP contribution in [0.3, 0.4) is 0 Å². The molecule has 3 rings (SSSR count). The molecule has 1 aliphatic heterocycles. The Kier molecular flexibility index (Phi) is 6.12. The summed E-state index contributed by atoms with van der Waals surface area (Å²) in [6.45, 7) is 1.81. The zero-order chi connectivity index (χ0) is 20.3. The number of carbonyl (C=O) groups is 2. The summed E-state index contributed by atoms with van der Waals surface area (Å²) in [5.74, 6) is 0.000890. The molecule has 1 aromatic rings. The van der Waals surface area contributed by atoms with Crippen LogP contribution < -0.4 is 9.47 Å². The summed E-state index contributed by atoms with van der Waals surface area (Å²) >= 11 is 0. The average Bonchev–Trinajstić information content (AvgIpc) is 3.43. The van der Waals surface area contributed by atoms with Crippen LogP contribution >= 0.6 is 0 Å². The fourth-order valence-electron chi connectivity index (χ4n) is 3.41. The van der Waals surface area contributed by atoms with Gasteiger partial charge in [0.15, 0.2) is 27.9 Å². The Morgan fingerprint density at radius 2 is 1.89 bits per heavy atom. The quantitative estimate of drug-likeness (QED) is 0.597. The van der Waals surface area contributed by atoms with Gasteiger partial charge in [-0.25, -0.2) is 13.2 Å². The first kappa shape index (κ1) is 20.4. The van der Waals surface area contributed by atoms with E-state index in [0.29, 0.717) is 24.5 Å². The Morgan fingerprint density at radius 1 is 1.14 bits per heavy atom. The maximum atomic E-state index is 12.6. The Balaban J connectivity index is 1.63. The monoisotopic (exact) mass is 411 g/mol. The van der Waals surface area contributed by atoms with Crippen LogP contribution in [0.25, 0.3) is 0 Å². The van der Waals surface area contributed by atoms with E-state index in [0.717, 1.165) is 12.8 Å².